The normalized spacial score (nSPS) is 12.5. The van der Waals surface area contributed by atoms with Gasteiger partial charge < -0.3 is 20.5 Å². The average Bonchev–Trinajstić information content (AvgIpc) is 2.90. The van der Waals surface area contributed by atoms with Crippen LogP contribution in [0.5, 0.6) is 11.5 Å². The molecular formula is C22H20ClN7O11S3. The van der Waals surface area contributed by atoms with E-state index in [1.54, 1.807) is 0 Å². The molecule has 0 fully saturated rings. The molecular weight excluding hydrogens is 670 g/mol. The maximum atomic E-state index is 12.3. The van der Waals surface area contributed by atoms with Gasteiger partial charge in [-0.15, -0.1) is 10.2 Å². The number of azo groups is 1. The van der Waals surface area contributed by atoms with Crippen LogP contribution in [0.1, 0.15) is 6.92 Å². The van der Waals surface area contributed by atoms with Gasteiger partial charge in [-0.05, 0) is 54.2 Å². The maximum absolute atomic E-state index is 12.3. The molecule has 0 unspecified atom stereocenters. The lowest BCUT2D eigenvalue weighted by atomic mass is 10.1. The van der Waals surface area contributed by atoms with Gasteiger partial charge in [0.25, 0.3) is 30.4 Å². The third kappa shape index (κ3) is 7.10. The third-order valence-electron chi connectivity index (χ3n) is 5.59. The second kappa shape index (κ2) is 12.0. The molecule has 44 heavy (non-hydrogen) atoms. The Morgan fingerprint density at radius 3 is 2.07 bits per heavy atom. The molecule has 0 aliphatic carbocycles. The molecule has 0 radical (unpaired) electrons. The van der Waals surface area contributed by atoms with E-state index in [4.69, 9.17) is 16.3 Å². The van der Waals surface area contributed by atoms with Gasteiger partial charge in [0.15, 0.2) is 5.75 Å². The van der Waals surface area contributed by atoms with Crippen molar-refractivity contribution in [2.24, 2.45) is 10.2 Å². The van der Waals surface area contributed by atoms with Gasteiger partial charge in [0.2, 0.25) is 17.2 Å². The van der Waals surface area contributed by atoms with E-state index < -0.39 is 67.9 Å². The maximum Gasteiger partial charge on any atom is 0.298 e. The highest BCUT2D eigenvalue weighted by Gasteiger charge is 2.26. The Balaban J connectivity index is 1.88. The second-order valence-electron chi connectivity index (χ2n) is 8.51. The zero-order chi connectivity index (χ0) is 32.6. The predicted octanol–water partition coefficient (Wildman–Crippen LogP) is 3.72. The molecule has 0 aliphatic rings. The van der Waals surface area contributed by atoms with Gasteiger partial charge in [0.1, 0.15) is 31.8 Å². The van der Waals surface area contributed by atoms with E-state index in [2.05, 4.69) is 35.8 Å². The summed E-state index contributed by atoms with van der Waals surface area (Å²) in [4.78, 5) is 8.97. The van der Waals surface area contributed by atoms with E-state index in [0.717, 1.165) is 13.2 Å². The molecule has 234 valence electrons. The van der Waals surface area contributed by atoms with Crippen LogP contribution in [0.4, 0.5) is 29.0 Å². The van der Waals surface area contributed by atoms with Gasteiger partial charge in [-0.25, -0.2) is 0 Å². The minimum absolute atomic E-state index is 0.0170. The molecule has 22 heteroatoms. The number of phenolic OH excluding ortho intramolecular Hbond substituents is 1. The number of aromatic nitrogens is 3. The number of hydrogen-bond acceptors (Lipinski definition) is 15. The number of halogens is 1. The first-order valence-corrected chi connectivity index (χ1v) is 16.4. The SMILES string of the molecule is CCNc1nc(Cl)nc(Nc2ccc3c(O)c(N=Nc4cc(S(=O)(=O)O)c(OC)cc4S(=O)(=O)O)c(S(=O)(=O)O)cc3c2)n1. The number of hydrogen-bond donors (Lipinski definition) is 6. The summed E-state index contributed by atoms with van der Waals surface area (Å²) in [5.41, 5.74) is -1.51. The molecule has 0 saturated carbocycles. The summed E-state index contributed by atoms with van der Waals surface area (Å²) < 4.78 is 106. The van der Waals surface area contributed by atoms with Crippen LogP contribution >= 0.6 is 11.6 Å². The Bertz CT molecular complexity index is 2160. The fourth-order valence-electron chi connectivity index (χ4n) is 3.78. The molecule has 0 atom stereocenters. The number of benzene rings is 3. The summed E-state index contributed by atoms with van der Waals surface area (Å²) in [6.45, 7) is 2.30. The minimum atomic E-state index is -5.14. The number of phenols is 1. The van der Waals surface area contributed by atoms with Gasteiger partial charge in [0, 0.05) is 23.7 Å². The van der Waals surface area contributed by atoms with E-state index >= 15 is 0 Å². The molecule has 1 aromatic heterocycles. The lowest BCUT2D eigenvalue weighted by Gasteiger charge is -2.12. The number of methoxy groups -OCH3 is 1. The molecule has 0 amide bonds. The van der Waals surface area contributed by atoms with Crippen LogP contribution in [-0.2, 0) is 30.4 Å². The summed E-state index contributed by atoms with van der Waals surface area (Å²) >= 11 is 5.93. The number of nitrogens with zero attached hydrogens (tertiary/aromatic N) is 5. The van der Waals surface area contributed by atoms with Crippen LogP contribution in [0.25, 0.3) is 10.8 Å². The number of nitrogens with one attached hydrogen (secondary N) is 2. The first kappa shape index (κ1) is 32.7. The standard InChI is InChI=1S/C22H20ClN7O11S3/c1-3-24-21-26-20(23)27-22(28-21)25-11-4-5-12-10(6-11)7-17(44(38,39)40)18(19(12)31)30-29-13-8-16(43(35,36)37)14(41-2)9-15(13)42(32,33)34/h4-9,31H,3H2,1-2H3,(H,32,33,34)(H,35,36,37)(H,38,39,40)(H2,24,25,26,27,28). The van der Waals surface area contributed by atoms with Crippen LogP contribution in [-0.4, -0.2) is 72.6 Å². The second-order valence-corrected chi connectivity index (χ2v) is 13.0. The molecule has 0 saturated heterocycles. The number of ether oxygens (including phenoxy) is 1. The van der Waals surface area contributed by atoms with Crippen molar-refractivity contribution in [1.29, 1.82) is 0 Å². The van der Waals surface area contributed by atoms with E-state index in [0.29, 0.717) is 18.7 Å². The molecule has 18 nitrogen and oxygen atoms in total. The van der Waals surface area contributed by atoms with Gasteiger partial charge in [-0.3, -0.25) is 13.7 Å². The molecule has 4 aromatic rings. The number of rotatable bonds is 10. The molecule has 0 spiro atoms. The number of anilines is 3. The van der Waals surface area contributed by atoms with E-state index in [9.17, 15) is 44.0 Å². The van der Waals surface area contributed by atoms with Crippen LogP contribution in [0.3, 0.4) is 0 Å². The van der Waals surface area contributed by atoms with Crippen molar-refractivity contribution in [3.05, 3.63) is 41.7 Å². The smallest absolute Gasteiger partial charge is 0.298 e. The zero-order valence-electron chi connectivity index (χ0n) is 22.2. The molecule has 0 aliphatic heterocycles. The van der Waals surface area contributed by atoms with Crippen LogP contribution in [0.15, 0.2) is 61.3 Å². The summed E-state index contributed by atoms with van der Waals surface area (Å²) in [5, 5.41) is 23.6. The fourth-order valence-corrected chi connectivity index (χ4v) is 5.87. The Morgan fingerprint density at radius 2 is 1.48 bits per heavy atom. The highest BCUT2D eigenvalue weighted by molar-refractivity contribution is 7.86. The highest BCUT2D eigenvalue weighted by Crippen LogP contribution is 2.43. The fraction of sp³-hybridized carbons (Fsp3) is 0.136. The van der Waals surface area contributed by atoms with Gasteiger partial charge in [0.05, 0.1) is 7.11 Å². The molecule has 3 aromatic carbocycles. The summed E-state index contributed by atoms with van der Waals surface area (Å²) in [5.74, 6) is -1.34. The van der Waals surface area contributed by atoms with Crippen molar-refractivity contribution >= 4 is 81.7 Å². The van der Waals surface area contributed by atoms with Crippen molar-refractivity contribution in [2.75, 3.05) is 24.3 Å². The monoisotopic (exact) mass is 689 g/mol. The topological polar surface area (TPSA) is 280 Å². The van der Waals surface area contributed by atoms with Crippen molar-refractivity contribution in [3.8, 4) is 11.5 Å². The molecule has 1 heterocycles. The Kier molecular flexibility index (Phi) is 8.93. The largest absolute Gasteiger partial charge is 0.505 e. The first-order valence-electron chi connectivity index (χ1n) is 11.7. The van der Waals surface area contributed by atoms with Crippen LogP contribution < -0.4 is 15.4 Å². The lowest BCUT2D eigenvalue weighted by molar-refractivity contribution is 0.395. The van der Waals surface area contributed by atoms with Crippen molar-refractivity contribution in [3.63, 3.8) is 0 Å². The first-order chi connectivity index (χ1) is 20.4. The van der Waals surface area contributed by atoms with Gasteiger partial charge in [-0.1, -0.05) is 0 Å². The highest BCUT2D eigenvalue weighted by atomic mass is 35.5. The minimum Gasteiger partial charge on any atom is -0.505 e. The van der Waals surface area contributed by atoms with Crippen molar-refractivity contribution < 1.29 is 48.8 Å². The Hall–Kier alpha value is -4.25. The Labute approximate surface area is 254 Å². The van der Waals surface area contributed by atoms with Crippen LogP contribution in [0.2, 0.25) is 5.28 Å². The quantitative estimate of drug-likeness (QED) is 0.102. The molecule has 6 N–H and O–H groups in total. The predicted molar refractivity (Wildman–Crippen MR) is 155 cm³/mol. The molecule has 4 rings (SSSR count). The van der Waals surface area contributed by atoms with Crippen molar-refractivity contribution in [2.45, 2.75) is 21.6 Å². The number of aromatic hydroxyl groups is 1. The van der Waals surface area contributed by atoms with Gasteiger partial charge in [-0.2, -0.15) is 40.2 Å². The average molecular weight is 690 g/mol. The van der Waals surface area contributed by atoms with Crippen LogP contribution in [0, 0.1) is 0 Å². The summed E-state index contributed by atoms with van der Waals surface area (Å²) in [6, 6.07) is 6.01. The van der Waals surface area contributed by atoms with Gasteiger partial charge >= 0.3 is 0 Å². The number of fused-ring (bicyclic) bond motifs is 1. The van der Waals surface area contributed by atoms with E-state index in [1.165, 1.54) is 18.2 Å². The Morgan fingerprint density at radius 1 is 0.841 bits per heavy atom. The molecule has 0 bridgehead atoms. The zero-order valence-corrected chi connectivity index (χ0v) is 25.4. The van der Waals surface area contributed by atoms with E-state index in [-0.39, 0.29) is 33.6 Å². The van der Waals surface area contributed by atoms with Crippen molar-refractivity contribution in [1.82, 2.24) is 15.0 Å². The summed E-state index contributed by atoms with van der Waals surface area (Å²) in [6.07, 6.45) is 0. The van der Waals surface area contributed by atoms with E-state index in [1.807, 2.05) is 6.92 Å². The lowest BCUT2D eigenvalue weighted by Crippen LogP contribution is -2.06. The summed E-state index contributed by atoms with van der Waals surface area (Å²) in [7, 11) is -14.4. The third-order valence-corrected chi connectivity index (χ3v) is 8.38.